The van der Waals surface area contributed by atoms with E-state index >= 15 is 0 Å². The Labute approximate surface area is 192 Å². The Balaban J connectivity index is -0.00000120. The maximum Gasteiger partial charge on any atom is 0.311 e. The van der Waals surface area contributed by atoms with E-state index in [9.17, 15) is 9.18 Å². The van der Waals surface area contributed by atoms with Gasteiger partial charge in [-0.2, -0.15) is 0 Å². The zero-order valence-electron chi connectivity index (χ0n) is 22.4. The van der Waals surface area contributed by atoms with E-state index in [-0.39, 0.29) is 17.7 Å². The predicted molar refractivity (Wildman–Crippen MR) is 132 cm³/mol. The van der Waals surface area contributed by atoms with Crippen LogP contribution in [0.15, 0.2) is 18.2 Å². The topological polar surface area (TPSA) is 47.6 Å². The van der Waals surface area contributed by atoms with Gasteiger partial charge in [0.05, 0.1) is 5.60 Å². The van der Waals surface area contributed by atoms with Crippen LogP contribution in [0.25, 0.3) is 0 Å². The third-order valence-electron chi connectivity index (χ3n) is 4.46. The number of halogens is 1. The maximum atomic E-state index is 13.9. The molecule has 1 rings (SSSR count). The minimum atomic E-state index is -0.502. The minimum absolute atomic E-state index is 0.0111. The molecule has 0 radical (unpaired) electrons. The van der Waals surface area contributed by atoms with Crippen molar-refractivity contribution < 1.29 is 18.7 Å². The van der Waals surface area contributed by atoms with Gasteiger partial charge in [-0.3, -0.25) is 4.79 Å². The second-order valence-corrected chi connectivity index (χ2v) is 7.58. The number of nitrogens with one attached hydrogen (secondary N) is 1. The number of carbonyl (C=O) groups excluding carboxylic acids is 1. The average Bonchev–Trinajstić information content (AvgIpc) is 2.77. The zero-order valence-corrected chi connectivity index (χ0v) is 22.4. The highest BCUT2D eigenvalue weighted by Crippen LogP contribution is 2.22. The Bertz CT molecular complexity index is 572. The van der Waals surface area contributed by atoms with E-state index in [1.54, 1.807) is 6.07 Å². The van der Waals surface area contributed by atoms with Crippen LogP contribution in [0.2, 0.25) is 0 Å². The highest BCUT2D eigenvalue weighted by molar-refractivity contribution is 5.72. The molecule has 0 fully saturated rings. The number of hydrogen-bond donors (Lipinski definition) is 1. The first-order valence-electron chi connectivity index (χ1n) is 11.9. The number of rotatable bonds is 10. The lowest BCUT2D eigenvalue weighted by molar-refractivity contribution is -0.136. The number of ether oxygens (including phenoxy) is 2. The maximum absolute atomic E-state index is 13.9. The fourth-order valence-electron chi connectivity index (χ4n) is 2.20. The molecule has 0 unspecified atom stereocenters. The minimum Gasteiger partial charge on any atom is -0.423 e. The van der Waals surface area contributed by atoms with E-state index in [1.807, 2.05) is 69.4 Å². The van der Waals surface area contributed by atoms with Gasteiger partial charge < -0.3 is 14.8 Å². The molecule has 4 nitrogen and oxygen atoms in total. The third-order valence-corrected chi connectivity index (χ3v) is 4.46. The van der Waals surface area contributed by atoms with Gasteiger partial charge in [-0.05, 0) is 71.7 Å². The molecule has 31 heavy (non-hydrogen) atoms. The Kier molecular flexibility index (Phi) is 21.2. The van der Waals surface area contributed by atoms with Crippen molar-refractivity contribution in [3.8, 4) is 5.75 Å². The van der Waals surface area contributed by atoms with Crippen molar-refractivity contribution in [1.29, 1.82) is 0 Å². The molecular formula is C26H50FNO3. The van der Waals surface area contributed by atoms with E-state index in [0.717, 1.165) is 18.4 Å². The fourth-order valence-corrected chi connectivity index (χ4v) is 2.20. The summed E-state index contributed by atoms with van der Waals surface area (Å²) in [6.45, 7) is 22.7. The monoisotopic (exact) mass is 443 g/mol. The van der Waals surface area contributed by atoms with E-state index in [4.69, 9.17) is 9.47 Å². The van der Waals surface area contributed by atoms with Crippen LogP contribution in [-0.2, 0) is 16.0 Å². The molecule has 1 aromatic carbocycles. The van der Waals surface area contributed by atoms with Crippen molar-refractivity contribution in [1.82, 2.24) is 5.32 Å². The summed E-state index contributed by atoms with van der Waals surface area (Å²) in [4.78, 5) is 12.0. The Morgan fingerprint density at radius 3 is 2.00 bits per heavy atom. The van der Waals surface area contributed by atoms with Gasteiger partial charge in [0.15, 0.2) is 11.6 Å². The van der Waals surface area contributed by atoms with Crippen molar-refractivity contribution in [3.63, 3.8) is 0 Å². The Morgan fingerprint density at radius 1 is 1.00 bits per heavy atom. The summed E-state index contributed by atoms with van der Waals surface area (Å²) in [6.07, 6.45) is 2.30. The summed E-state index contributed by atoms with van der Waals surface area (Å²) in [5.74, 6) is -0.968. The normalized spacial score (nSPS) is 10.5. The molecule has 0 saturated carbocycles. The van der Waals surface area contributed by atoms with Crippen LogP contribution >= 0.6 is 0 Å². The number of esters is 1. The van der Waals surface area contributed by atoms with Gasteiger partial charge in [0.2, 0.25) is 0 Å². The predicted octanol–water partition coefficient (Wildman–Crippen LogP) is 7.34. The van der Waals surface area contributed by atoms with Crippen LogP contribution in [0.3, 0.4) is 0 Å². The van der Waals surface area contributed by atoms with Gasteiger partial charge in [-0.25, -0.2) is 4.39 Å². The summed E-state index contributed by atoms with van der Waals surface area (Å²) in [7, 11) is 1.92. The number of aryl methyl sites for hydroxylation is 1. The molecule has 0 spiro atoms. The SMILES string of the molecule is CC.CC.CC.CCc1ccc(OC(=O)CCC(C)(C)OCCC(C)(C)NC)c(F)c1. The van der Waals surface area contributed by atoms with Gasteiger partial charge in [-0.1, -0.05) is 54.5 Å². The first kappa shape index (κ1) is 34.2. The molecule has 0 saturated heterocycles. The molecule has 0 aliphatic heterocycles. The molecule has 1 N–H and O–H groups in total. The van der Waals surface area contributed by atoms with E-state index in [1.165, 1.54) is 12.1 Å². The van der Waals surface area contributed by atoms with Gasteiger partial charge in [0.1, 0.15) is 0 Å². The van der Waals surface area contributed by atoms with Crippen LogP contribution in [0, 0.1) is 5.82 Å². The Morgan fingerprint density at radius 2 is 1.55 bits per heavy atom. The van der Waals surface area contributed by atoms with E-state index in [2.05, 4.69) is 19.2 Å². The molecule has 0 bridgehead atoms. The molecule has 0 heterocycles. The lowest BCUT2D eigenvalue weighted by Crippen LogP contribution is -2.38. The number of hydrogen-bond acceptors (Lipinski definition) is 4. The van der Waals surface area contributed by atoms with Crippen LogP contribution < -0.4 is 10.1 Å². The fraction of sp³-hybridized carbons (Fsp3) is 0.731. The van der Waals surface area contributed by atoms with Crippen molar-refractivity contribution in [2.45, 2.75) is 113 Å². The van der Waals surface area contributed by atoms with Crippen LogP contribution in [-0.4, -0.2) is 30.8 Å². The first-order chi connectivity index (χ1) is 14.6. The molecule has 0 aromatic heterocycles. The van der Waals surface area contributed by atoms with Gasteiger partial charge in [0, 0.05) is 18.6 Å². The van der Waals surface area contributed by atoms with E-state index < -0.39 is 17.4 Å². The first-order valence-corrected chi connectivity index (χ1v) is 11.9. The Hall–Kier alpha value is -1.46. The van der Waals surface area contributed by atoms with Crippen molar-refractivity contribution in [2.24, 2.45) is 0 Å². The second kappa shape index (κ2) is 19.2. The van der Waals surface area contributed by atoms with Crippen LogP contribution in [0.5, 0.6) is 5.75 Å². The summed E-state index contributed by atoms with van der Waals surface area (Å²) in [6, 6.07) is 4.68. The number of benzene rings is 1. The summed E-state index contributed by atoms with van der Waals surface area (Å²) in [5, 5.41) is 3.23. The largest absolute Gasteiger partial charge is 0.423 e. The molecule has 1 aromatic rings. The lowest BCUT2D eigenvalue weighted by atomic mass is 10.0. The molecule has 0 aliphatic carbocycles. The van der Waals surface area contributed by atoms with Gasteiger partial charge in [-0.15, -0.1) is 0 Å². The van der Waals surface area contributed by atoms with Gasteiger partial charge >= 0.3 is 5.97 Å². The summed E-state index contributed by atoms with van der Waals surface area (Å²) >= 11 is 0. The second-order valence-electron chi connectivity index (χ2n) is 7.58. The lowest BCUT2D eigenvalue weighted by Gasteiger charge is -2.29. The molecular weight excluding hydrogens is 393 g/mol. The summed E-state index contributed by atoms with van der Waals surface area (Å²) < 4.78 is 24.9. The van der Waals surface area contributed by atoms with E-state index in [0.29, 0.717) is 13.0 Å². The molecule has 0 atom stereocenters. The third kappa shape index (κ3) is 16.9. The van der Waals surface area contributed by atoms with Crippen molar-refractivity contribution in [2.75, 3.05) is 13.7 Å². The average molecular weight is 444 g/mol. The highest BCUT2D eigenvalue weighted by atomic mass is 19.1. The highest BCUT2D eigenvalue weighted by Gasteiger charge is 2.23. The smallest absolute Gasteiger partial charge is 0.311 e. The number of carbonyl (C=O) groups is 1. The van der Waals surface area contributed by atoms with Crippen molar-refractivity contribution >= 4 is 5.97 Å². The van der Waals surface area contributed by atoms with Crippen LogP contribution in [0.4, 0.5) is 4.39 Å². The molecule has 5 heteroatoms. The standard InChI is InChI=1S/C20H32FNO3.3C2H6/c1-7-15-8-9-17(16(21)14-15)25-18(23)10-11-20(4,5)24-13-12-19(2,3)22-6;3*1-2/h8-9,14,22H,7,10-13H2,1-6H3;3*1-2H3. The summed E-state index contributed by atoms with van der Waals surface area (Å²) in [5.41, 5.74) is 0.446. The zero-order chi connectivity index (χ0) is 25.1. The van der Waals surface area contributed by atoms with Crippen molar-refractivity contribution in [3.05, 3.63) is 29.6 Å². The quantitative estimate of drug-likeness (QED) is 0.304. The molecule has 0 amide bonds. The van der Waals surface area contributed by atoms with Crippen LogP contribution in [0.1, 0.15) is 101 Å². The molecule has 184 valence electrons. The molecule has 0 aliphatic rings. The van der Waals surface area contributed by atoms with Gasteiger partial charge in [0.25, 0.3) is 0 Å².